The Labute approximate surface area is 114 Å². The van der Waals surface area contributed by atoms with Gasteiger partial charge in [-0.25, -0.2) is 9.78 Å². The van der Waals surface area contributed by atoms with Crippen LogP contribution in [0.2, 0.25) is 0 Å². The van der Waals surface area contributed by atoms with E-state index < -0.39 is 0 Å². The van der Waals surface area contributed by atoms with Crippen molar-refractivity contribution in [1.29, 1.82) is 0 Å². The van der Waals surface area contributed by atoms with Crippen LogP contribution in [0.5, 0.6) is 0 Å². The number of nitrogens with one attached hydrogen (secondary N) is 3. The number of hydrogen-bond acceptors (Lipinski definition) is 3. The number of hydrazine groups is 1. The summed E-state index contributed by atoms with van der Waals surface area (Å²) < 4.78 is 1.01. The Morgan fingerprint density at radius 2 is 2.35 bits per heavy atom. The summed E-state index contributed by atoms with van der Waals surface area (Å²) in [7, 11) is 0. The number of halogens is 1. The van der Waals surface area contributed by atoms with Crippen molar-refractivity contribution in [3.05, 3.63) is 21.4 Å². The lowest BCUT2D eigenvalue weighted by atomic mass is 10.3. The van der Waals surface area contributed by atoms with Crippen molar-refractivity contribution in [1.82, 2.24) is 15.7 Å². The number of carbonyl (C=O) groups excluding carboxylic acids is 1. The lowest BCUT2D eigenvalue weighted by Crippen LogP contribution is -2.40. The molecule has 1 aromatic rings. The van der Waals surface area contributed by atoms with Gasteiger partial charge < -0.3 is 5.32 Å². The van der Waals surface area contributed by atoms with Crippen LogP contribution in [0.15, 0.2) is 12.3 Å². The smallest absolute Gasteiger partial charge is 0.333 e. The molecule has 92 valence electrons. The van der Waals surface area contributed by atoms with Gasteiger partial charge in [-0.1, -0.05) is 0 Å². The summed E-state index contributed by atoms with van der Waals surface area (Å²) in [6, 6.07) is 1.72. The highest BCUT2D eigenvalue weighted by molar-refractivity contribution is 14.1. The van der Waals surface area contributed by atoms with Crippen molar-refractivity contribution >= 4 is 34.4 Å². The molecule has 1 saturated carbocycles. The predicted molar refractivity (Wildman–Crippen MR) is 74.6 cm³/mol. The summed E-state index contributed by atoms with van der Waals surface area (Å²) in [5, 5.41) is 2.81. The molecule has 3 N–H and O–H groups in total. The topological polar surface area (TPSA) is 66.0 Å². The summed E-state index contributed by atoms with van der Waals surface area (Å²) in [6.07, 6.45) is 4.17. The van der Waals surface area contributed by atoms with Gasteiger partial charge in [0.05, 0.1) is 3.57 Å². The van der Waals surface area contributed by atoms with E-state index in [1.165, 1.54) is 12.8 Å². The maximum Gasteiger partial charge on any atom is 0.333 e. The Bertz CT molecular complexity index is 420. The first kappa shape index (κ1) is 12.4. The first-order valence-corrected chi connectivity index (χ1v) is 6.65. The molecule has 6 heteroatoms. The van der Waals surface area contributed by atoms with Gasteiger partial charge in [-0.05, 0) is 59.9 Å². The fourth-order valence-corrected chi connectivity index (χ4v) is 1.80. The molecule has 0 bridgehead atoms. The van der Waals surface area contributed by atoms with E-state index in [0.717, 1.165) is 15.7 Å². The normalized spacial score (nSPS) is 14.2. The standard InChI is InChI=1S/C11H15IN4O/c1-7-4-5-13-10(9(7)12)15-16-11(17)14-6-8-2-3-8/h4-5,8H,2-3,6H2,1H3,(H,13,15)(H2,14,16,17). The number of nitrogens with zero attached hydrogens (tertiary/aromatic N) is 1. The summed E-state index contributed by atoms with van der Waals surface area (Å²) >= 11 is 2.20. The fourth-order valence-electron chi connectivity index (χ4n) is 1.35. The van der Waals surface area contributed by atoms with Crippen LogP contribution in [0, 0.1) is 16.4 Å². The molecule has 0 saturated heterocycles. The van der Waals surface area contributed by atoms with E-state index in [1.807, 2.05) is 13.0 Å². The van der Waals surface area contributed by atoms with Gasteiger partial charge >= 0.3 is 6.03 Å². The quantitative estimate of drug-likeness (QED) is 0.577. The molecule has 17 heavy (non-hydrogen) atoms. The molecule has 2 rings (SSSR count). The molecule has 1 aromatic heterocycles. The van der Waals surface area contributed by atoms with Crippen LogP contribution in [0.4, 0.5) is 10.6 Å². The van der Waals surface area contributed by atoms with Crippen LogP contribution < -0.4 is 16.2 Å². The SMILES string of the molecule is Cc1ccnc(NNC(=O)NCC2CC2)c1I. The van der Waals surface area contributed by atoms with E-state index in [-0.39, 0.29) is 6.03 Å². The van der Waals surface area contributed by atoms with Crippen LogP contribution >= 0.6 is 22.6 Å². The van der Waals surface area contributed by atoms with Gasteiger partial charge in [0, 0.05) is 12.7 Å². The average Bonchev–Trinajstić information content (AvgIpc) is 3.12. The van der Waals surface area contributed by atoms with E-state index in [4.69, 9.17) is 0 Å². The molecule has 0 unspecified atom stereocenters. The Kier molecular flexibility index (Phi) is 4.03. The van der Waals surface area contributed by atoms with Gasteiger partial charge in [-0.3, -0.25) is 10.9 Å². The number of aryl methyl sites for hydroxylation is 1. The predicted octanol–water partition coefficient (Wildman–Crippen LogP) is 2.03. The van der Waals surface area contributed by atoms with Crippen molar-refractivity contribution in [2.75, 3.05) is 12.0 Å². The minimum atomic E-state index is -0.212. The monoisotopic (exact) mass is 346 g/mol. The first-order valence-electron chi connectivity index (χ1n) is 5.58. The van der Waals surface area contributed by atoms with Gasteiger partial charge in [0.1, 0.15) is 0 Å². The molecular formula is C11H15IN4O. The number of urea groups is 1. The molecular weight excluding hydrogens is 331 g/mol. The van der Waals surface area contributed by atoms with Crippen LogP contribution in [-0.4, -0.2) is 17.6 Å². The third kappa shape index (κ3) is 3.72. The second kappa shape index (κ2) is 5.52. The Hall–Kier alpha value is -1.05. The first-order chi connectivity index (χ1) is 8.16. The van der Waals surface area contributed by atoms with Crippen LogP contribution in [0.25, 0.3) is 0 Å². The van der Waals surface area contributed by atoms with Crippen molar-refractivity contribution in [3.8, 4) is 0 Å². The largest absolute Gasteiger partial charge is 0.336 e. The molecule has 1 heterocycles. The molecule has 0 radical (unpaired) electrons. The third-order valence-corrected chi connectivity index (χ3v) is 3.99. The zero-order valence-electron chi connectivity index (χ0n) is 9.59. The second-order valence-corrected chi connectivity index (χ2v) is 5.27. The maximum absolute atomic E-state index is 11.4. The van der Waals surface area contributed by atoms with Crippen molar-refractivity contribution in [2.24, 2.45) is 5.92 Å². The Morgan fingerprint density at radius 3 is 3.06 bits per heavy atom. The van der Waals surface area contributed by atoms with Crippen molar-refractivity contribution < 1.29 is 4.79 Å². The van der Waals surface area contributed by atoms with Crippen LogP contribution in [0.3, 0.4) is 0 Å². The highest BCUT2D eigenvalue weighted by Gasteiger charge is 2.21. The molecule has 0 spiro atoms. The number of carbonyl (C=O) groups is 1. The zero-order chi connectivity index (χ0) is 12.3. The summed E-state index contributed by atoms with van der Waals surface area (Å²) in [6.45, 7) is 2.76. The summed E-state index contributed by atoms with van der Waals surface area (Å²) in [4.78, 5) is 15.6. The van der Waals surface area contributed by atoms with Crippen molar-refractivity contribution in [3.63, 3.8) is 0 Å². The molecule has 0 atom stereocenters. The van der Waals surface area contributed by atoms with E-state index in [9.17, 15) is 4.79 Å². The lowest BCUT2D eigenvalue weighted by molar-refractivity contribution is 0.242. The van der Waals surface area contributed by atoms with Crippen LogP contribution in [0.1, 0.15) is 18.4 Å². The molecule has 1 aliphatic rings. The molecule has 1 aliphatic carbocycles. The van der Waals surface area contributed by atoms with Crippen LogP contribution in [-0.2, 0) is 0 Å². The number of rotatable bonds is 4. The van der Waals surface area contributed by atoms with Gasteiger partial charge in [0.25, 0.3) is 0 Å². The number of amides is 2. The molecule has 0 aromatic carbocycles. The van der Waals surface area contributed by atoms with E-state index in [2.05, 4.69) is 43.7 Å². The number of anilines is 1. The lowest BCUT2D eigenvalue weighted by Gasteiger charge is -2.11. The minimum absolute atomic E-state index is 0.212. The number of aromatic nitrogens is 1. The van der Waals surface area contributed by atoms with E-state index in [0.29, 0.717) is 11.7 Å². The average molecular weight is 346 g/mol. The third-order valence-electron chi connectivity index (χ3n) is 2.62. The fraction of sp³-hybridized carbons (Fsp3) is 0.455. The zero-order valence-corrected chi connectivity index (χ0v) is 11.7. The molecule has 2 amide bonds. The number of hydrogen-bond donors (Lipinski definition) is 3. The highest BCUT2D eigenvalue weighted by Crippen LogP contribution is 2.27. The van der Waals surface area contributed by atoms with Gasteiger partial charge in [0.2, 0.25) is 0 Å². The number of pyridine rings is 1. The highest BCUT2D eigenvalue weighted by atomic mass is 127. The Balaban J connectivity index is 1.79. The summed E-state index contributed by atoms with van der Waals surface area (Å²) in [5.41, 5.74) is 6.53. The maximum atomic E-state index is 11.4. The molecule has 1 fully saturated rings. The Morgan fingerprint density at radius 1 is 1.59 bits per heavy atom. The van der Waals surface area contributed by atoms with E-state index in [1.54, 1.807) is 6.20 Å². The van der Waals surface area contributed by atoms with Gasteiger partial charge in [0.15, 0.2) is 5.82 Å². The van der Waals surface area contributed by atoms with Crippen molar-refractivity contribution in [2.45, 2.75) is 19.8 Å². The molecule has 5 nitrogen and oxygen atoms in total. The minimum Gasteiger partial charge on any atom is -0.336 e. The molecule has 0 aliphatic heterocycles. The van der Waals surface area contributed by atoms with Gasteiger partial charge in [-0.2, -0.15) is 0 Å². The second-order valence-electron chi connectivity index (χ2n) is 4.19. The van der Waals surface area contributed by atoms with Gasteiger partial charge in [-0.15, -0.1) is 0 Å². The summed E-state index contributed by atoms with van der Waals surface area (Å²) in [5.74, 6) is 1.35. The van der Waals surface area contributed by atoms with E-state index >= 15 is 0 Å².